The fraction of sp³-hybridized carbons (Fsp3) is 0.350. The maximum absolute atomic E-state index is 12.4. The highest BCUT2D eigenvalue weighted by Gasteiger charge is 2.36. The van der Waals surface area contributed by atoms with Gasteiger partial charge in [-0.2, -0.15) is 0 Å². The molecule has 2 N–H and O–H groups in total. The lowest BCUT2D eigenvalue weighted by Crippen LogP contribution is -2.49. The van der Waals surface area contributed by atoms with Crippen molar-refractivity contribution in [2.24, 2.45) is 0 Å². The van der Waals surface area contributed by atoms with Gasteiger partial charge in [0.2, 0.25) is 5.91 Å². The lowest BCUT2D eigenvalue weighted by molar-refractivity contribution is -0.123. The third kappa shape index (κ3) is 3.66. The van der Waals surface area contributed by atoms with Gasteiger partial charge in [0.15, 0.2) is 0 Å². The van der Waals surface area contributed by atoms with E-state index in [1.54, 1.807) is 0 Å². The lowest BCUT2D eigenvalue weighted by atomic mass is 9.84. The molecule has 2 aromatic carbocycles. The number of nitrogens with one attached hydrogen (secondary N) is 1. The summed E-state index contributed by atoms with van der Waals surface area (Å²) in [6.45, 7) is 3.33. The predicted octanol–water partition coefficient (Wildman–Crippen LogP) is 3.00. The third-order valence-electron chi connectivity index (χ3n) is 4.90. The van der Waals surface area contributed by atoms with E-state index in [0.29, 0.717) is 25.9 Å². The van der Waals surface area contributed by atoms with Gasteiger partial charge in [-0.25, -0.2) is 0 Å². The Kier molecular flexibility index (Phi) is 4.97. The highest BCUT2D eigenvalue weighted by Crippen LogP contribution is 2.33. The summed E-state index contributed by atoms with van der Waals surface area (Å²) in [5, 5.41) is 13.8. The molecule has 0 saturated carbocycles. The number of rotatable bonds is 4. The maximum atomic E-state index is 12.4. The molecule has 24 heavy (non-hydrogen) atoms. The van der Waals surface area contributed by atoms with Crippen molar-refractivity contribution in [1.82, 2.24) is 4.90 Å². The first-order valence-corrected chi connectivity index (χ1v) is 8.46. The summed E-state index contributed by atoms with van der Waals surface area (Å²) >= 11 is 0. The first kappa shape index (κ1) is 16.7. The molecule has 1 aliphatic rings. The Hall–Kier alpha value is -2.17. The number of carbonyl (C=O) groups excluding carboxylic acids is 1. The summed E-state index contributed by atoms with van der Waals surface area (Å²) in [5.41, 5.74) is 0.992. The van der Waals surface area contributed by atoms with Crippen molar-refractivity contribution in [2.45, 2.75) is 31.4 Å². The number of hydrogen-bond acceptors (Lipinski definition) is 3. The zero-order chi connectivity index (χ0) is 17.0. The molecule has 1 saturated heterocycles. The fourth-order valence-electron chi connectivity index (χ4n) is 3.25. The fourth-order valence-corrected chi connectivity index (χ4v) is 3.25. The van der Waals surface area contributed by atoms with Gasteiger partial charge in [0.05, 0.1) is 11.6 Å². The highest BCUT2D eigenvalue weighted by molar-refractivity contribution is 5.94. The molecule has 1 amide bonds. The van der Waals surface area contributed by atoms with Crippen LogP contribution in [0, 0.1) is 0 Å². The zero-order valence-corrected chi connectivity index (χ0v) is 14.0. The van der Waals surface area contributed by atoms with Gasteiger partial charge in [0, 0.05) is 18.8 Å². The topological polar surface area (TPSA) is 52.6 Å². The molecule has 0 bridgehead atoms. The normalized spacial score (nSPS) is 18.8. The number of nitrogens with zero attached hydrogens (tertiary/aromatic N) is 1. The molecule has 1 aliphatic heterocycles. The van der Waals surface area contributed by atoms with E-state index in [1.165, 1.54) is 0 Å². The SMILES string of the molecule is C[C@@H](C(=O)Nc1ccccc1)N1CCC(O)(c2ccccc2)CC1. The van der Waals surface area contributed by atoms with Gasteiger partial charge in [-0.3, -0.25) is 9.69 Å². The van der Waals surface area contributed by atoms with Crippen LogP contribution in [0.25, 0.3) is 0 Å². The number of amides is 1. The Bertz CT molecular complexity index is 665. The van der Waals surface area contributed by atoms with Crippen molar-refractivity contribution in [1.29, 1.82) is 0 Å². The maximum Gasteiger partial charge on any atom is 0.241 e. The molecule has 0 unspecified atom stereocenters. The van der Waals surface area contributed by atoms with Crippen LogP contribution in [0.15, 0.2) is 60.7 Å². The Morgan fingerprint density at radius 2 is 1.58 bits per heavy atom. The van der Waals surface area contributed by atoms with E-state index in [9.17, 15) is 9.90 Å². The number of para-hydroxylation sites is 1. The Labute approximate surface area is 143 Å². The summed E-state index contributed by atoms with van der Waals surface area (Å²) in [6, 6.07) is 19.1. The average Bonchev–Trinajstić information content (AvgIpc) is 2.63. The van der Waals surface area contributed by atoms with Crippen LogP contribution in [0.2, 0.25) is 0 Å². The smallest absolute Gasteiger partial charge is 0.241 e. The van der Waals surface area contributed by atoms with E-state index >= 15 is 0 Å². The molecular weight excluding hydrogens is 300 g/mol. The minimum Gasteiger partial charge on any atom is -0.385 e. The van der Waals surface area contributed by atoms with Crippen LogP contribution in [-0.2, 0) is 10.4 Å². The number of benzene rings is 2. The molecule has 4 heteroatoms. The van der Waals surface area contributed by atoms with Crippen molar-refractivity contribution < 1.29 is 9.90 Å². The van der Waals surface area contributed by atoms with Gasteiger partial charge < -0.3 is 10.4 Å². The van der Waals surface area contributed by atoms with Crippen LogP contribution in [0.4, 0.5) is 5.69 Å². The number of aliphatic hydroxyl groups is 1. The van der Waals surface area contributed by atoms with Crippen LogP contribution in [0.3, 0.4) is 0 Å². The molecule has 1 fully saturated rings. The van der Waals surface area contributed by atoms with Gasteiger partial charge in [-0.1, -0.05) is 48.5 Å². The quantitative estimate of drug-likeness (QED) is 0.909. The minimum absolute atomic E-state index is 0.00801. The van der Waals surface area contributed by atoms with E-state index < -0.39 is 5.60 Å². The molecule has 126 valence electrons. The zero-order valence-electron chi connectivity index (χ0n) is 14.0. The molecule has 1 heterocycles. The minimum atomic E-state index is -0.784. The molecule has 0 spiro atoms. The predicted molar refractivity (Wildman–Crippen MR) is 95.7 cm³/mol. The van der Waals surface area contributed by atoms with Crippen molar-refractivity contribution in [3.05, 3.63) is 66.2 Å². The van der Waals surface area contributed by atoms with Crippen molar-refractivity contribution in [3.63, 3.8) is 0 Å². The van der Waals surface area contributed by atoms with Crippen molar-refractivity contribution >= 4 is 11.6 Å². The second-order valence-electron chi connectivity index (χ2n) is 6.46. The average molecular weight is 324 g/mol. The lowest BCUT2D eigenvalue weighted by Gasteiger charge is -2.40. The first-order chi connectivity index (χ1) is 11.6. The Morgan fingerprint density at radius 1 is 1.04 bits per heavy atom. The highest BCUT2D eigenvalue weighted by atomic mass is 16.3. The molecule has 0 radical (unpaired) electrons. The molecule has 2 aromatic rings. The number of carbonyl (C=O) groups is 1. The van der Waals surface area contributed by atoms with Crippen LogP contribution in [-0.4, -0.2) is 35.0 Å². The molecule has 1 atom stereocenters. The summed E-state index contributed by atoms with van der Waals surface area (Å²) in [5.74, 6) is -0.00801. The van der Waals surface area contributed by atoms with Crippen LogP contribution >= 0.6 is 0 Å². The van der Waals surface area contributed by atoms with Gasteiger partial charge in [-0.05, 0) is 37.5 Å². The van der Waals surface area contributed by atoms with E-state index in [4.69, 9.17) is 0 Å². The summed E-state index contributed by atoms with van der Waals surface area (Å²) < 4.78 is 0. The number of hydrogen-bond donors (Lipinski definition) is 2. The number of anilines is 1. The summed E-state index contributed by atoms with van der Waals surface area (Å²) in [6.07, 6.45) is 1.28. The third-order valence-corrected chi connectivity index (χ3v) is 4.90. The van der Waals surface area contributed by atoms with Crippen molar-refractivity contribution in [3.8, 4) is 0 Å². The van der Waals surface area contributed by atoms with Crippen LogP contribution < -0.4 is 5.32 Å². The van der Waals surface area contributed by atoms with Crippen molar-refractivity contribution in [2.75, 3.05) is 18.4 Å². The largest absolute Gasteiger partial charge is 0.385 e. The standard InChI is InChI=1S/C20H24N2O2/c1-16(19(23)21-18-10-6-3-7-11-18)22-14-12-20(24,13-15-22)17-8-4-2-5-9-17/h2-11,16,24H,12-15H2,1H3,(H,21,23)/t16-/m0/s1. The second-order valence-corrected chi connectivity index (χ2v) is 6.46. The van der Waals surface area contributed by atoms with E-state index in [-0.39, 0.29) is 11.9 Å². The molecular formula is C20H24N2O2. The van der Waals surface area contributed by atoms with Gasteiger partial charge >= 0.3 is 0 Å². The second kappa shape index (κ2) is 7.16. The van der Waals surface area contributed by atoms with Gasteiger partial charge in [0.25, 0.3) is 0 Å². The van der Waals surface area contributed by atoms with E-state index in [2.05, 4.69) is 10.2 Å². The van der Waals surface area contributed by atoms with Gasteiger partial charge in [0.1, 0.15) is 0 Å². The molecule has 0 aromatic heterocycles. The first-order valence-electron chi connectivity index (χ1n) is 8.46. The molecule has 3 rings (SSSR count). The summed E-state index contributed by atoms with van der Waals surface area (Å²) in [7, 11) is 0. The van der Waals surface area contributed by atoms with E-state index in [1.807, 2.05) is 67.6 Å². The van der Waals surface area contributed by atoms with Crippen LogP contribution in [0.1, 0.15) is 25.3 Å². The monoisotopic (exact) mass is 324 g/mol. The Morgan fingerprint density at radius 3 is 2.17 bits per heavy atom. The molecule has 0 aliphatic carbocycles. The molecule has 4 nitrogen and oxygen atoms in total. The van der Waals surface area contributed by atoms with Gasteiger partial charge in [-0.15, -0.1) is 0 Å². The Balaban J connectivity index is 1.59. The summed E-state index contributed by atoms with van der Waals surface area (Å²) in [4.78, 5) is 14.6. The number of piperidine rings is 1. The van der Waals surface area contributed by atoms with Crippen LogP contribution in [0.5, 0.6) is 0 Å². The van der Waals surface area contributed by atoms with E-state index in [0.717, 1.165) is 11.3 Å². The number of likely N-dealkylation sites (tertiary alicyclic amines) is 1.